The molecule has 0 aromatic heterocycles. The third kappa shape index (κ3) is 3.03. The Kier molecular flexibility index (Phi) is 4.11. The van der Waals surface area contributed by atoms with E-state index < -0.39 is 12.6 Å². The fourth-order valence-corrected chi connectivity index (χ4v) is 7.18. The molecule has 0 saturated heterocycles. The Morgan fingerprint density at radius 2 is 2.00 bits per heavy atom. The summed E-state index contributed by atoms with van der Waals surface area (Å²) < 4.78 is 22.5. The lowest BCUT2D eigenvalue weighted by atomic mass is 9.51. The van der Waals surface area contributed by atoms with E-state index in [1.165, 1.54) is 16.7 Å². The van der Waals surface area contributed by atoms with Crippen molar-refractivity contribution in [1.29, 1.82) is 0 Å². The molecule has 4 aliphatic rings. The molecule has 31 heavy (non-hydrogen) atoms. The van der Waals surface area contributed by atoms with Gasteiger partial charge in [0, 0.05) is 34.5 Å². The second-order valence-electron chi connectivity index (χ2n) is 10.0. The first-order chi connectivity index (χ1) is 16.0. The molecule has 3 heteroatoms. The quantitative estimate of drug-likeness (QED) is 0.634. The average Bonchev–Trinajstić information content (AvgIpc) is 3.03. The number of anilines is 1. The van der Waals surface area contributed by atoms with E-state index >= 15 is 0 Å². The average molecular weight is 419 g/mol. The lowest BCUT2D eigenvalue weighted by Gasteiger charge is -2.53. The molecule has 2 saturated carbocycles. The van der Waals surface area contributed by atoms with Crippen LogP contribution in [-0.2, 0) is 4.79 Å². The van der Waals surface area contributed by atoms with Crippen LogP contribution in [0.4, 0.5) is 5.69 Å². The summed E-state index contributed by atoms with van der Waals surface area (Å²) in [5.74, 6) is 7.26. The Balaban J connectivity index is 1.62. The largest absolute Gasteiger partial charge is 0.388 e. The number of ketones is 1. The van der Waals surface area contributed by atoms with Crippen molar-refractivity contribution < 1.29 is 14.0 Å². The number of benzene rings is 1. The Bertz CT molecular complexity index is 1140. The zero-order valence-corrected chi connectivity index (χ0v) is 18.4. The van der Waals surface area contributed by atoms with E-state index in [2.05, 4.69) is 24.1 Å². The van der Waals surface area contributed by atoms with Crippen molar-refractivity contribution in [3.05, 3.63) is 52.6 Å². The lowest BCUT2D eigenvalue weighted by Crippen LogP contribution is -2.51. The number of allylic oxidation sites excluding steroid dienone is 4. The van der Waals surface area contributed by atoms with Crippen molar-refractivity contribution in [2.24, 2.45) is 17.3 Å². The van der Waals surface area contributed by atoms with Gasteiger partial charge in [-0.15, -0.1) is 5.92 Å². The van der Waals surface area contributed by atoms with Crippen LogP contribution in [0.15, 0.2) is 47.1 Å². The predicted octanol–water partition coefficient (Wildman–Crippen LogP) is 5.38. The molecule has 2 fully saturated rings. The normalized spacial score (nSPS) is 38.4. The SMILES string of the molecule is [2H]C([2H])([2H])Nc1ccc([C@H]2C[C@@]3(C)C(CC[C@@]3(O)C#CC)C3CCC4=CC(=O)CCC4=C32)cc1. The minimum Gasteiger partial charge on any atom is -0.388 e. The summed E-state index contributed by atoms with van der Waals surface area (Å²) in [5, 5.41) is 14.3. The molecule has 0 heterocycles. The van der Waals surface area contributed by atoms with Crippen LogP contribution < -0.4 is 5.32 Å². The monoisotopic (exact) mass is 418 g/mol. The Morgan fingerprint density at radius 3 is 2.74 bits per heavy atom. The number of nitrogens with one attached hydrogen (secondary N) is 1. The minimum absolute atomic E-state index is 0.114. The van der Waals surface area contributed by atoms with Gasteiger partial charge in [-0.1, -0.05) is 30.6 Å². The Morgan fingerprint density at radius 1 is 1.19 bits per heavy atom. The maximum atomic E-state index is 12.2. The van der Waals surface area contributed by atoms with Crippen LogP contribution in [0.2, 0.25) is 0 Å². The van der Waals surface area contributed by atoms with Crippen molar-refractivity contribution in [3.8, 4) is 11.8 Å². The highest BCUT2D eigenvalue weighted by atomic mass is 16.3. The lowest BCUT2D eigenvalue weighted by molar-refractivity contribution is -0.114. The van der Waals surface area contributed by atoms with Crippen LogP contribution in [0.1, 0.15) is 74.4 Å². The summed E-state index contributed by atoms with van der Waals surface area (Å²) in [6.07, 6.45) is 7.62. The molecular weight excluding hydrogens is 382 g/mol. The van der Waals surface area contributed by atoms with E-state index in [9.17, 15) is 9.90 Å². The van der Waals surface area contributed by atoms with Crippen LogP contribution in [0, 0.1) is 29.1 Å². The van der Waals surface area contributed by atoms with Crippen molar-refractivity contribution in [1.82, 2.24) is 0 Å². The van der Waals surface area contributed by atoms with Crippen LogP contribution in [0.25, 0.3) is 0 Å². The fraction of sp³-hybridized carbons (Fsp3) is 0.536. The van der Waals surface area contributed by atoms with Crippen molar-refractivity contribution in [3.63, 3.8) is 0 Å². The first-order valence-corrected chi connectivity index (χ1v) is 11.6. The molecule has 2 N–H and O–H groups in total. The molecule has 3 nitrogen and oxygen atoms in total. The Labute approximate surface area is 190 Å². The van der Waals surface area contributed by atoms with E-state index in [0.29, 0.717) is 30.4 Å². The highest BCUT2D eigenvalue weighted by Crippen LogP contribution is 2.66. The molecular formula is C28H33NO2. The molecule has 0 radical (unpaired) electrons. The minimum atomic E-state index is -2.24. The summed E-state index contributed by atoms with van der Waals surface area (Å²) in [7, 11) is 0. The molecule has 0 spiro atoms. The zero-order valence-electron chi connectivity index (χ0n) is 21.4. The van der Waals surface area contributed by atoms with Gasteiger partial charge in [0.05, 0.1) is 0 Å². The molecule has 1 aromatic carbocycles. The predicted molar refractivity (Wildman–Crippen MR) is 125 cm³/mol. The second-order valence-corrected chi connectivity index (χ2v) is 10.0. The zero-order chi connectivity index (χ0) is 24.3. The number of rotatable bonds is 2. The van der Waals surface area contributed by atoms with Gasteiger partial charge in [-0.05, 0) is 92.2 Å². The van der Waals surface area contributed by atoms with Gasteiger partial charge in [0.15, 0.2) is 5.78 Å². The number of carbonyl (C=O) groups is 1. The maximum absolute atomic E-state index is 12.2. The van der Waals surface area contributed by atoms with Gasteiger partial charge in [0.1, 0.15) is 5.60 Å². The molecule has 1 aromatic rings. The van der Waals surface area contributed by atoms with Crippen molar-refractivity contribution in [2.45, 2.75) is 70.3 Å². The van der Waals surface area contributed by atoms with E-state index in [-0.39, 0.29) is 17.1 Å². The van der Waals surface area contributed by atoms with Gasteiger partial charge in [-0.3, -0.25) is 4.79 Å². The van der Waals surface area contributed by atoms with E-state index in [4.69, 9.17) is 4.11 Å². The topological polar surface area (TPSA) is 49.3 Å². The van der Waals surface area contributed by atoms with Crippen molar-refractivity contribution >= 4 is 11.5 Å². The first-order valence-electron chi connectivity index (χ1n) is 13.1. The number of carbonyl (C=O) groups excluding carboxylic acids is 1. The fourth-order valence-electron chi connectivity index (χ4n) is 7.18. The van der Waals surface area contributed by atoms with Crippen LogP contribution in [-0.4, -0.2) is 23.5 Å². The molecule has 2 unspecified atom stereocenters. The van der Waals surface area contributed by atoms with E-state index in [0.717, 1.165) is 37.7 Å². The summed E-state index contributed by atoms with van der Waals surface area (Å²) in [5.41, 5.74) is 4.42. The number of aliphatic hydroxyl groups is 1. The van der Waals surface area contributed by atoms with Crippen LogP contribution in [0.3, 0.4) is 0 Å². The van der Waals surface area contributed by atoms with Crippen LogP contribution >= 0.6 is 0 Å². The van der Waals surface area contributed by atoms with Crippen molar-refractivity contribution in [2.75, 3.05) is 12.3 Å². The molecule has 0 aliphatic heterocycles. The van der Waals surface area contributed by atoms with Gasteiger partial charge < -0.3 is 10.4 Å². The van der Waals surface area contributed by atoms with E-state index in [1.807, 2.05) is 30.3 Å². The summed E-state index contributed by atoms with van der Waals surface area (Å²) in [6.45, 7) is 1.79. The Hall–Kier alpha value is -2.31. The van der Waals surface area contributed by atoms with Crippen LogP contribution in [0.5, 0.6) is 0 Å². The molecule has 0 bridgehead atoms. The second kappa shape index (κ2) is 7.38. The summed E-state index contributed by atoms with van der Waals surface area (Å²) in [4.78, 5) is 12.2. The number of hydrogen-bond acceptors (Lipinski definition) is 3. The standard InChI is InChI=1S/C28H33NO2/c1-4-14-28(31)15-13-25-23-11-7-19-16-21(30)10-12-22(19)26(23)24(17-27(25,28)2)18-5-8-20(29-3)9-6-18/h5-6,8-9,16,23-25,29,31H,7,10-13,15,17H2,1-3H3/t23?,24-,25?,27+,28+/m1/s1/i3D3. The smallest absolute Gasteiger partial charge is 0.156 e. The van der Waals surface area contributed by atoms with Gasteiger partial charge in [0.25, 0.3) is 0 Å². The van der Waals surface area contributed by atoms with Gasteiger partial charge in [0.2, 0.25) is 0 Å². The molecule has 5 atom stereocenters. The van der Waals surface area contributed by atoms with Gasteiger partial charge in [-0.25, -0.2) is 0 Å². The third-order valence-electron chi connectivity index (χ3n) is 8.68. The first kappa shape index (κ1) is 17.3. The highest BCUT2D eigenvalue weighted by molar-refractivity contribution is 5.93. The van der Waals surface area contributed by atoms with E-state index in [1.54, 1.807) is 6.92 Å². The van der Waals surface area contributed by atoms with Gasteiger partial charge in [-0.2, -0.15) is 0 Å². The molecule has 162 valence electrons. The molecule has 4 aliphatic carbocycles. The highest BCUT2D eigenvalue weighted by Gasteiger charge is 2.62. The third-order valence-corrected chi connectivity index (χ3v) is 8.68. The maximum Gasteiger partial charge on any atom is 0.156 e. The van der Waals surface area contributed by atoms with Gasteiger partial charge >= 0.3 is 0 Å². The summed E-state index contributed by atoms with van der Waals surface area (Å²) in [6, 6.07) is 7.73. The molecule has 0 amide bonds. The summed E-state index contributed by atoms with van der Waals surface area (Å²) >= 11 is 0. The molecule has 5 rings (SSSR count). The number of fused-ring (bicyclic) bond motifs is 4. The number of hydrogen-bond donors (Lipinski definition) is 2.